The zero-order valence-electron chi connectivity index (χ0n) is 11.5. The first-order valence-corrected chi connectivity index (χ1v) is 4.39. The van der Waals surface area contributed by atoms with Gasteiger partial charge in [0.25, 0.3) is 0 Å². The largest absolute Gasteiger partial charge is 0.496 e. The number of benzene rings is 1. The molecule has 0 heterocycles. The zero-order valence-corrected chi connectivity index (χ0v) is 8.46. The van der Waals surface area contributed by atoms with Crippen molar-refractivity contribution in [3.05, 3.63) is 23.3 Å². The van der Waals surface area contributed by atoms with Crippen LogP contribution in [-0.2, 0) is 6.42 Å². The molecule has 0 bridgehead atoms. The minimum Gasteiger partial charge on any atom is -0.496 e. The topological polar surface area (TPSA) is 44.5 Å². The minimum atomic E-state index is -2.27. The predicted molar refractivity (Wildman–Crippen MR) is 57.0 cm³/mol. The number of nitrogens with two attached hydrogens (primary N) is 1. The summed E-state index contributed by atoms with van der Waals surface area (Å²) in [4.78, 5) is 0. The SMILES string of the molecule is [2H]C([2H])([2H])c1c(OC)cc(CCN)cc1OC. The van der Waals surface area contributed by atoms with Crippen LogP contribution in [0.3, 0.4) is 0 Å². The van der Waals surface area contributed by atoms with Gasteiger partial charge in [0.2, 0.25) is 0 Å². The molecule has 0 fully saturated rings. The molecular formula is C11H17NO2. The summed E-state index contributed by atoms with van der Waals surface area (Å²) in [5, 5.41) is 0. The fourth-order valence-corrected chi connectivity index (χ4v) is 1.28. The summed E-state index contributed by atoms with van der Waals surface area (Å²) >= 11 is 0. The minimum absolute atomic E-state index is 0.100. The summed E-state index contributed by atoms with van der Waals surface area (Å²) in [5.74, 6) is 0.626. The quantitative estimate of drug-likeness (QED) is 0.797. The average molecular weight is 198 g/mol. The van der Waals surface area contributed by atoms with Crippen LogP contribution in [0.4, 0.5) is 0 Å². The maximum Gasteiger partial charge on any atom is 0.125 e. The van der Waals surface area contributed by atoms with Crippen molar-refractivity contribution in [1.29, 1.82) is 0 Å². The predicted octanol–water partition coefficient (Wildman–Crippen LogP) is 1.51. The highest BCUT2D eigenvalue weighted by molar-refractivity contribution is 5.47. The Morgan fingerprint density at radius 3 is 2.21 bits per heavy atom. The third-order valence-corrected chi connectivity index (χ3v) is 2.00. The van der Waals surface area contributed by atoms with Crippen LogP contribution in [0.15, 0.2) is 12.1 Å². The lowest BCUT2D eigenvalue weighted by molar-refractivity contribution is 0.388. The Balaban J connectivity index is 3.36. The number of methoxy groups -OCH3 is 2. The Hall–Kier alpha value is -1.22. The number of hydrogen-bond acceptors (Lipinski definition) is 3. The van der Waals surface area contributed by atoms with Crippen LogP contribution in [0.25, 0.3) is 0 Å². The summed E-state index contributed by atoms with van der Waals surface area (Å²) in [6, 6.07) is 3.38. The standard InChI is InChI=1S/C11H17NO2/c1-8-10(13-2)6-9(4-5-12)7-11(8)14-3/h6-7H,4-5,12H2,1-3H3/i1D3. The first kappa shape index (κ1) is 7.12. The van der Waals surface area contributed by atoms with Gasteiger partial charge in [0, 0.05) is 9.68 Å². The summed E-state index contributed by atoms with van der Waals surface area (Å²) in [6.07, 6.45) is 0.647. The molecule has 0 spiro atoms. The van der Waals surface area contributed by atoms with E-state index in [-0.39, 0.29) is 5.56 Å². The van der Waals surface area contributed by atoms with E-state index >= 15 is 0 Å². The lowest BCUT2D eigenvalue weighted by Crippen LogP contribution is -2.04. The monoisotopic (exact) mass is 198 g/mol. The van der Waals surface area contributed by atoms with Gasteiger partial charge < -0.3 is 15.2 Å². The van der Waals surface area contributed by atoms with E-state index in [1.165, 1.54) is 14.2 Å². The van der Waals surface area contributed by atoms with Gasteiger partial charge in [-0.3, -0.25) is 0 Å². The van der Waals surface area contributed by atoms with Gasteiger partial charge >= 0.3 is 0 Å². The normalized spacial score (nSPS) is 14.1. The molecule has 1 rings (SSSR count). The first-order valence-electron chi connectivity index (χ1n) is 5.89. The van der Waals surface area contributed by atoms with Gasteiger partial charge in [-0.2, -0.15) is 0 Å². The van der Waals surface area contributed by atoms with Crippen molar-refractivity contribution in [3.63, 3.8) is 0 Å². The Morgan fingerprint density at radius 2 is 1.86 bits per heavy atom. The lowest BCUT2D eigenvalue weighted by atomic mass is 10.1. The van der Waals surface area contributed by atoms with Gasteiger partial charge in [-0.15, -0.1) is 0 Å². The van der Waals surface area contributed by atoms with Gasteiger partial charge in [-0.25, -0.2) is 0 Å². The smallest absolute Gasteiger partial charge is 0.125 e. The van der Waals surface area contributed by atoms with E-state index in [1.54, 1.807) is 12.1 Å². The van der Waals surface area contributed by atoms with Crippen molar-refractivity contribution in [1.82, 2.24) is 0 Å². The summed E-state index contributed by atoms with van der Waals surface area (Å²) in [5.41, 5.74) is 6.47. The second kappa shape index (κ2) is 4.86. The molecule has 14 heavy (non-hydrogen) atoms. The molecule has 3 nitrogen and oxygen atoms in total. The third kappa shape index (κ3) is 2.17. The third-order valence-electron chi connectivity index (χ3n) is 2.00. The van der Waals surface area contributed by atoms with Gasteiger partial charge in [-0.1, -0.05) is 0 Å². The molecular weight excluding hydrogens is 178 g/mol. The lowest BCUT2D eigenvalue weighted by Gasteiger charge is -2.12. The molecule has 0 saturated heterocycles. The molecule has 0 aliphatic rings. The molecule has 0 radical (unpaired) electrons. The van der Waals surface area contributed by atoms with E-state index < -0.39 is 6.85 Å². The fourth-order valence-electron chi connectivity index (χ4n) is 1.28. The molecule has 0 amide bonds. The van der Waals surface area contributed by atoms with Crippen molar-refractivity contribution < 1.29 is 13.6 Å². The summed E-state index contributed by atoms with van der Waals surface area (Å²) in [7, 11) is 2.88. The van der Waals surface area contributed by atoms with Gasteiger partial charge in [0.05, 0.1) is 14.2 Å². The molecule has 0 aromatic heterocycles. The highest BCUT2D eigenvalue weighted by atomic mass is 16.5. The van der Waals surface area contributed by atoms with Gasteiger partial charge in [0.1, 0.15) is 11.5 Å². The molecule has 0 unspecified atom stereocenters. The van der Waals surface area contributed by atoms with Crippen LogP contribution in [0.2, 0.25) is 0 Å². The highest BCUT2D eigenvalue weighted by Gasteiger charge is 2.07. The van der Waals surface area contributed by atoms with Crippen LogP contribution in [0, 0.1) is 6.85 Å². The zero-order chi connectivity index (χ0) is 13.1. The van der Waals surface area contributed by atoms with Crippen molar-refractivity contribution in [2.24, 2.45) is 5.73 Å². The van der Waals surface area contributed by atoms with E-state index in [4.69, 9.17) is 19.3 Å². The molecule has 0 saturated carbocycles. The van der Waals surface area contributed by atoms with Crippen LogP contribution in [-0.4, -0.2) is 20.8 Å². The van der Waals surface area contributed by atoms with E-state index in [0.717, 1.165) is 5.56 Å². The molecule has 78 valence electrons. The van der Waals surface area contributed by atoms with Crippen LogP contribution in [0.1, 0.15) is 15.2 Å². The molecule has 0 aliphatic heterocycles. The Kier molecular flexibility index (Phi) is 2.47. The van der Waals surface area contributed by atoms with Crippen LogP contribution < -0.4 is 15.2 Å². The second-order valence-electron chi connectivity index (χ2n) is 2.91. The van der Waals surface area contributed by atoms with Crippen LogP contribution in [0.5, 0.6) is 11.5 Å². The Labute approximate surface area is 89.0 Å². The molecule has 2 N–H and O–H groups in total. The average Bonchev–Trinajstić information content (AvgIpc) is 2.26. The molecule has 0 aliphatic carbocycles. The highest BCUT2D eigenvalue weighted by Crippen LogP contribution is 2.29. The maximum atomic E-state index is 7.48. The van der Waals surface area contributed by atoms with Crippen molar-refractivity contribution in [2.45, 2.75) is 13.3 Å². The van der Waals surface area contributed by atoms with E-state index in [2.05, 4.69) is 0 Å². The van der Waals surface area contributed by atoms with Crippen LogP contribution >= 0.6 is 0 Å². The summed E-state index contributed by atoms with van der Waals surface area (Å²) in [6.45, 7) is -1.78. The van der Waals surface area contributed by atoms with Crippen molar-refractivity contribution in [3.8, 4) is 11.5 Å². The molecule has 0 atom stereocenters. The van der Waals surface area contributed by atoms with Gasteiger partial charge in [0.15, 0.2) is 0 Å². The number of rotatable bonds is 4. The number of ether oxygens (including phenoxy) is 2. The Morgan fingerprint density at radius 1 is 1.29 bits per heavy atom. The van der Waals surface area contributed by atoms with Crippen molar-refractivity contribution >= 4 is 0 Å². The fraction of sp³-hybridized carbons (Fsp3) is 0.455. The van der Waals surface area contributed by atoms with Crippen molar-refractivity contribution in [2.75, 3.05) is 20.8 Å². The summed E-state index contributed by atoms with van der Waals surface area (Å²) < 4.78 is 32.7. The van der Waals surface area contributed by atoms with E-state index in [9.17, 15) is 0 Å². The molecule has 1 aromatic rings. The van der Waals surface area contributed by atoms with E-state index in [0.29, 0.717) is 24.5 Å². The van der Waals surface area contributed by atoms with Gasteiger partial charge in [-0.05, 0) is 37.5 Å². The van der Waals surface area contributed by atoms with E-state index in [1.807, 2.05) is 0 Å². The molecule has 3 heteroatoms. The maximum absolute atomic E-state index is 7.48. The first-order chi connectivity index (χ1) is 7.93. The number of hydrogen-bond donors (Lipinski definition) is 1. The second-order valence-corrected chi connectivity index (χ2v) is 2.91. The molecule has 1 aromatic carbocycles. The Bertz CT molecular complexity index is 366.